The van der Waals surface area contributed by atoms with Gasteiger partial charge < -0.3 is 15.3 Å². The number of piperidine rings is 1. The lowest BCUT2D eigenvalue weighted by molar-refractivity contribution is -0.134. The van der Waals surface area contributed by atoms with E-state index < -0.39 is 0 Å². The van der Waals surface area contributed by atoms with Crippen molar-refractivity contribution in [2.75, 3.05) is 20.1 Å². The first-order chi connectivity index (χ1) is 7.08. The van der Waals surface area contributed by atoms with Gasteiger partial charge in [0.2, 0.25) is 5.91 Å². The molecule has 3 unspecified atom stereocenters. The van der Waals surface area contributed by atoms with Crippen molar-refractivity contribution >= 4 is 5.91 Å². The standard InChI is InChI=1S/C11H22N2O2/c1-4-11(15)13-6-9(8(2)14)5-10(7-13)12-3/h8-10,12,14H,4-7H2,1-3H3. The van der Waals surface area contributed by atoms with Gasteiger partial charge in [0.05, 0.1) is 6.10 Å². The third kappa shape index (κ3) is 3.18. The normalized spacial score (nSPS) is 28.9. The molecule has 0 aliphatic carbocycles. The Balaban J connectivity index is 2.62. The molecule has 4 heteroatoms. The molecule has 0 spiro atoms. The van der Waals surface area contributed by atoms with Crippen LogP contribution in [0.5, 0.6) is 0 Å². The van der Waals surface area contributed by atoms with Crippen LogP contribution in [0, 0.1) is 5.92 Å². The minimum atomic E-state index is -0.340. The summed E-state index contributed by atoms with van der Waals surface area (Å²) in [4.78, 5) is 13.5. The highest BCUT2D eigenvalue weighted by atomic mass is 16.3. The van der Waals surface area contributed by atoms with Gasteiger partial charge in [0.25, 0.3) is 0 Å². The predicted molar refractivity (Wildman–Crippen MR) is 59.5 cm³/mol. The summed E-state index contributed by atoms with van der Waals surface area (Å²) in [5, 5.41) is 12.8. The second-order valence-electron chi connectivity index (χ2n) is 4.37. The highest BCUT2D eigenvalue weighted by Crippen LogP contribution is 2.20. The van der Waals surface area contributed by atoms with Gasteiger partial charge in [-0.1, -0.05) is 6.92 Å². The number of nitrogens with zero attached hydrogens (tertiary/aromatic N) is 1. The molecule has 0 aromatic heterocycles. The molecule has 0 radical (unpaired) electrons. The van der Waals surface area contributed by atoms with E-state index in [0.29, 0.717) is 19.0 Å². The average molecular weight is 214 g/mol. The number of aliphatic hydroxyl groups is 1. The molecule has 1 amide bonds. The van der Waals surface area contributed by atoms with E-state index in [4.69, 9.17) is 0 Å². The van der Waals surface area contributed by atoms with Crippen LogP contribution in [0.1, 0.15) is 26.7 Å². The molecule has 0 saturated carbocycles. The zero-order valence-electron chi connectivity index (χ0n) is 9.86. The predicted octanol–water partition coefficient (Wildman–Crippen LogP) is 0.214. The Kier molecular flexibility index (Phi) is 4.54. The molecule has 0 bridgehead atoms. The molecule has 1 aliphatic rings. The minimum Gasteiger partial charge on any atom is -0.393 e. The summed E-state index contributed by atoms with van der Waals surface area (Å²) >= 11 is 0. The molecule has 1 heterocycles. The third-order valence-corrected chi connectivity index (χ3v) is 3.23. The van der Waals surface area contributed by atoms with Crippen LogP contribution in [-0.2, 0) is 4.79 Å². The number of likely N-dealkylation sites (N-methyl/N-ethyl adjacent to an activating group) is 1. The quantitative estimate of drug-likeness (QED) is 0.706. The van der Waals surface area contributed by atoms with Crippen molar-refractivity contribution in [3.63, 3.8) is 0 Å². The van der Waals surface area contributed by atoms with Crippen molar-refractivity contribution in [3.8, 4) is 0 Å². The van der Waals surface area contributed by atoms with Gasteiger partial charge in [-0.15, -0.1) is 0 Å². The maximum absolute atomic E-state index is 11.6. The zero-order chi connectivity index (χ0) is 11.4. The SMILES string of the molecule is CCC(=O)N1CC(NC)CC(C(C)O)C1. The van der Waals surface area contributed by atoms with Crippen molar-refractivity contribution in [2.24, 2.45) is 5.92 Å². The van der Waals surface area contributed by atoms with Crippen molar-refractivity contribution in [2.45, 2.75) is 38.8 Å². The van der Waals surface area contributed by atoms with E-state index in [2.05, 4.69) is 5.32 Å². The molecular weight excluding hydrogens is 192 g/mol. The average Bonchev–Trinajstić information content (AvgIpc) is 2.27. The molecule has 88 valence electrons. The summed E-state index contributed by atoms with van der Waals surface area (Å²) in [5.41, 5.74) is 0. The molecule has 1 aliphatic heterocycles. The number of hydrogen-bond donors (Lipinski definition) is 2. The van der Waals surface area contributed by atoms with Crippen molar-refractivity contribution in [3.05, 3.63) is 0 Å². The number of nitrogens with one attached hydrogen (secondary N) is 1. The number of carbonyl (C=O) groups is 1. The van der Waals surface area contributed by atoms with Crippen LogP contribution in [0.4, 0.5) is 0 Å². The number of rotatable bonds is 3. The Hall–Kier alpha value is -0.610. The first-order valence-electron chi connectivity index (χ1n) is 5.71. The van der Waals surface area contributed by atoms with Crippen LogP contribution in [0.15, 0.2) is 0 Å². The molecule has 1 saturated heterocycles. The molecular formula is C11H22N2O2. The second kappa shape index (κ2) is 5.47. The van der Waals surface area contributed by atoms with E-state index in [9.17, 15) is 9.90 Å². The lowest BCUT2D eigenvalue weighted by Gasteiger charge is -2.38. The van der Waals surface area contributed by atoms with Crippen LogP contribution < -0.4 is 5.32 Å². The van der Waals surface area contributed by atoms with E-state index in [1.165, 1.54) is 0 Å². The number of aliphatic hydroxyl groups excluding tert-OH is 1. The van der Waals surface area contributed by atoms with Gasteiger partial charge in [-0.05, 0) is 20.4 Å². The first kappa shape index (κ1) is 12.5. The topological polar surface area (TPSA) is 52.6 Å². The van der Waals surface area contributed by atoms with E-state index in [1.54, 1.807) is 6.92 Å². The molecule has 4 nitrogen and oxygen atoms in total. The molecule has 2 N–H and O–H groups in total. The maximum atomic E-state index is 11.6. The number of amides is 1. The largest absolute Gasteiger partial charge is 0.393 e. The van der Waals surface area contributed by atoms with Gasteiger partial charge in [0.15, 0.2) is 0 Å². The fourth-order valence-corrected chi connectivity index (χ4v) is 2.12. The van der Waals surface area contributed by atoms with Crippen LogP contribution in [-0.4, -0.2) is 48.2 Å². The highest BCUT2D eigenvalue weighted by Gasteiger charge is 2.30. The van der Waals surface area contributed by atoms with Gasteiger partial charge >= 0.3 is 0 Å². The van der Waals surface area contributed by atoms with Gasteiger partial charge in [0, 0.05) is 31.5 Å². The summed E-state index contributed by atoms with van der Waals surface area (Å²) in [7, 11) is 1.91. The molecule has 15 heavy (non-hydrogen) atoms. The summed E-state index contributed by atoms with van der Waals surface area (Å²) in [6.45, 7) is 5.15. The molecule has 0 aromatic rings. The number of hydrogen-bond acceptors (Lipinski definition) is 3. The Labute approximate surface area is 91.6 Å². The minimum absolute atomic E-state index is 0.181. The van der Waals surface area contributed by atoms with Crippen LogP contribution in [0.25, 0.3) is 0 Å². The highest BCUT2D eigenvalue weighted by molar-refractivity contribution is 5.76. The Bertz CT molecular complexity index is 219. The summed E-state index contributed by atoms with van der Waals surface area (Å²) in [6, 6.07) is 0.314. The van der Waals surface area contributed by atoms with Crippen LogP contribution in [0.2, 0.25) is 0 Å². The van der Waals surface area contributed by atoms with E-state index in [-0.39, 0.29) is 17.9 Å². The van der Waals surface area contributed by atoms with Crippen molar-refractivity contribution in [1.29, 1.82) is 0 Å². The van der Waals surface area contributed by atoms with E-state index >= 15 is 0 Å². The van der Waals surface area contributed by atoms with Crippen molar-refractivity contribution in [1.82, 2.24) is 10.2 Å². The smallest absolute Gasteiger partial charge is 0.222 e. The first-order valence-corrected chi connectivity index (χ1v) is 5.71. The number of carbonyl (C=O) groups excluding carboxylic acids is 1. The molecule has 1 rings (SSSR count). The lowest BCUT2D eigenvalue weighted by atomic mass is 9.90. The fourth-order valence-electron chi connectivity index (χ4n) is 2.12. The molecule has 0 aromatic carbocycles. The van der Waals surface area contributed by atoms with Gasteiger partial charge in [-0.25, -0.2) is 0 Å². The second-order valence-corrected chi connectivity index (χ2v) is 4.37. The van der Waals surface area contributed by atoms with Gasteiger partial charge in [-0.3, -0.25) is 4.79 Å². The van der Waals surface area contributed by atoms with Crippen LogP contribution in [0.3, 0.4) is 0 Å². The summed E-state index contributed by atoms with van der Waals surface area (Å²) < 4.78 is 0. The fraction of sp³-hybridized carbons (Fsp3) is 0.909. The summed E-state index contributed by atoms with van der Waals surface area (Å²) in [6.07, 6.45) is 1.15. The molecule has 1 fully saturated rings. The van der Waals surface area contributed by atoms with Gasteiger partial charge in [-0.2, -0.15) is 0 Å². The zero-order valence-corrected chi connectivity index (χ0v) is 9.86. The van der Waals surface area contributed by atoms with Gasteiger partial charge in [0.1, 0.15) is 0 Å². The van der Waals surface area contributed by atoms with E-state index in [0.717, 1.165) is 13.0 Å². The monoisotopic (exact) mass is 214 g/mol. The van der Waals surface area contributed by atoms with Crippen LogP contribution >= 0.6 is 0 Å². The Morgan fingerprint density at radius 3 is 2.73 bits per heavy atom. The Morgan fingerprint density at radius 2 is 2.27 bits per heavy atom. The third-order valence-electron chi connectivity index (χ3n) is 3.23. The lowest BCUT2D eigenvalue weighted by Crippen LogP contribution is -2.52. The molecule has 3 atom stereocenters. The maximum Gasteiger partial charge on any atom is 0.222 e. The number of likely N-dealkylation sites (tertiary alicyclic amines) is 1. The summed E-state index contributed by atoms with van der Waals surface area (Å²) in [5.74, 6) is 0.382. The van der Waals surface area contributed by atoms with Crippen molar-refractivity contribution < 1.29 is 9.90 Å². The van der Waals surface area contributed by atoms with E-state index in [1.807, 2.05) is 18.9 Å². The Morgan fingerprint density at radius 1 is 1.60 bits per heavy atom.